The van der Waals surface area contributed by atoms with Gasteiger partial charge < -0.3 is 19.3 Å². The van der Waals surface area contributed by atoms with Crippen molar-refractivity contribution in [3.8, 4) is 11.5 Å². The normalized spacial score (nSPS) is 10.4. The number of hydrogen-bond acceptors (Lipinski definition) is 5. The van der Waals surface area contributed by atoms with E-state index in [1.165, 1.54) is 13.2 Å². The number of benzene rings is 2. The van der Waals surface area contributed by atoms with E-state index < -0.39 is 6.16 Å². The first-order valence-corrected chi connectivity index (χ1v) is 7.89. The quantitative estimate of drug-likeness (QED) is 0.633. The summed E-state index contributed by atoms with van der Waals surface area (Å²) in [6, 6.07) is 8.01. The molecule has 0 fully saturated rings. The molecule has 2 rings (SSSR count). The fraction of sp³-hybridized carbons (Fsp3) is 0.316. The molecular weight excluding hydrogens is 327 g/mol. The van der Waals surface area contributed by atoms with Gasteiger partial charge in [0.25, 0.3) is 0 Å². The highest BCUT2D eigenvalue weighted by Gasteiger charge is 2.15. The maximum absolute atomic E-state index is 13.9. The minimum atomic E-state index is -0.869. The monoisotopic (exact) mass is 348 g/mol. The molecule has 0 atom stereocenters. The Labute approximate surface area is 146 Å². The van der Waals surface area contributed by atoms with Crippen molar-refractivity contribution >= 4 is 6.16 Å². The van der Waals surface area contributed by atoms with Crippen molar-refractivity contribution in [2.45, 2.75) is 33.5 Å². The summed E-state index contributed by atoms with van der Waals surface area (Å²) in [5.74, 6) is 0.292. The largest absolute Gasteiger partial charge is 0.513 e. The SMILES string of the molecule is CCc1cc(C)c(F)cc1OCc1c(CO)cccc1OC(=O)OC. The van der Waals surface area contributed by atoms with Gasteiger partial charge in [0, 0.05) is 11.6 Å². The summed E-state index contributed by atoms with van der Waals surface area (Å²) in [4.78, 5) is 11.4. The second-order valence-electron chi connectivity index (χ2n) is 5.46. The van der Waals surface area contributed by atoms with Gasteiger partial charge in [-0.2, -0.15) is 0 Å². The molecule has 0 saturated heterocycles. The van der Waals surface area contributed by atoms with Crippen LogP contribution < -0.4 is 9.47 Å². The summed E-state index contributed by atoms with van der Waals surface area (Å²) in [5.41, 5.74) is 2.47. The molecule has 0 heterocycles. The minimum Gasteiger partial charge on any atom is -0.488 e. The van der Waals surface area contributed by atoms with Crippen molar-refractivity contribution < 1.29 is 28.5 Å². The molecule has 0 aliphatic carbocycles. The first-order valence-electron chi connectivity index (χ1n) is 7.89. The zero-order chi connectivity index (χ0) is 18.4. The number of halogens is 1. The fourth-order valence-corrected chi connectivity index (χ4v) is 2.43. The Morgan fingerprint density at radius 1 is 1.20 bits per heavy atom. The van der Waals surface area contributed by atoms with Crippen molar-refractivity contribution in [3.05, 3.63) is 58.4 Å². The molecule has 0 aliphatic heterocycles. The van der Waals surface area contributed by atoms with Gasteiger partial charge in [-0.3, -0.25) is 0 Å². The highest BCUT2D eigenvalue weighted by atomic mass is 19.1. The summed E-state index contributed by atoms with van der Waals surface area (Å²) in [5, 5.41) is 9.53. The first-order chi connectivity index (χ1) is 12.0. The first kappa shape index (κ1) is 18.7. The average molecular weight is 348 g/mol. The number of aliphatic hydroxyl groups is 1. The third kappa shape index (κ3) is 4.48. The second-order valence-corrected chi connectivity index (χ2v) is 5.46. The molecule has 0 spiro atoms. The molecule has 25 heavy (non-hydrogen) atoms. The third-order valence-corrected chi connectivity index (χ3v) is 3.86. The molecule has 2 aromatic carbocycles. The van der Waals surface area contributed by atoms with Gasteiger partial charge in [-0.05, 0) is 42.2 Å². The highest BCUT2D eigenvalue weighted by Crippen LogP contribution is 2.28. The molecule has 5 nitrogen and oxygen atoms in total. The van der Waals surface area contributed by atoms with Gasteiger partial charge in [-0.15, -0.1) is 0 Å². The Balaban J connectivity index is 2.31. The zero-order valence-corrected chi connectivity index (χ0v) is 14.5. The van der Waals surface area contributed by atoms with Crippen LogP contribution in [0.5, 0.6) is 11.5 Å². The van der Waals surface area contributed by atoms with Gasteiger partial charge in [0.2, 0.25) is 0 Å². The molecule has 0 amide bonds. The Morgan fingerprint density at radius 2 is 1.96 bits per heavy atom. The lowest BCUT2D eigenvalue weighted by Crippen LogP contribution is -2.11. The van der Waals surface area contributed by atoms with Crippen molar-refractivity contribution in [1.29, 1.82) is 0 Å². The van der Waals surface area contributed by atoms with E-state index in [4.69, 9.17) is 9.47 Å². The molecule has 0 aromatic heterocycles. The zero-order valence-electron chi connectivity index (χ0n) is 14.5. The van der Waals surface area contributed by atoms with Crippen LogP contribution in [-0.4, -0.2) is 18.4 Å². The number of hydrogen-bond donors (Lipinski definition) is 1. The van der Waals surface area contributed by atoms with Crippen LogP contribution in [-0.2, 0) is 24.4 Å². The number of aryl methyl sites for hydroxylation is 2. The molecule has 134 valence electrons. The lowest BCUT2D eigenvalue weighted by atomic mass is 10.1. The standard InChI is InChI=1S/C19H21FO5/c1-4-13-8-12(2)16(20)9-18(13)24-11-15-14(10-21)6-5-7-17(15)25-19(22)23-3/h5-9,21H,4,10-11H2,1-3H3. The summed E-state index contributed by atoms with van der Waals surface area (Å²) < 4.78 is 29.2. The average Bonchev–Trinajstić information content (AvgIpc) is 2.62. The van der Waals surface area contributed by atoms with Gasteiger partial charge in [0.1, 0.15) is 23.9 Å². The van der Waals surface area contributed by atoms with Gasteiger partial charge in [-0.25, -0.2) is 9.18 Å². The summed E-state index contributed by atoms with van der Waals surface area (Å²) in [7, 11) is 1.21. The van der Waals surface area contributed by atoms with Gasteiger partial charge in [0.15, 0.2) is 0 Å². The number of ether oxygens (including phenoxy) is 3. The number of aliphatic hydroxyl groups excluding tert-OH is 1. The topological polar surface area (TPSA) is 65.0 Å². The number of methoxy groups -OCH3 is 1. The van der Waals surface area contributed by atoms with Crippen LogP contribution in [0.25, 0.3) is 0 Å². The molecule has 0 unspecified atom stereocenters. The van der Waals surface area contributed by atoms with Crippen LogP contribution in [0.15, 0.2) is 30.3 Å². The Bertz CT molecular complexity index is 758. The van der Waals surface area contributed by atoms with Crippen LogP contribution in [0.2, 0.25) is 0 Å². The number of carbonyl (C=O) groups is 1. The molecule has 0 radical (unpaired) electrons. The summed E-state index contributed by atoms with van der Waals surface area (Å²) >= 11 is 0. The molecule has 0 saturated carbocycles. The maximum Gasteiger partial charge on any atom is 0.513 e. The van der Waals surface area contributed by atoms with Crippen LogP contribution in [0.4, 0.5) is 9.18 Å². The lowest BCUT2D eigenvalue weighted by molar-refractivity contribution is 0.120. The number of carbonyl (C=O) groups excluding carboxylic acids is 1. The minimum absolute atomic E-state index is 0.0125. The highest BCUT2D eigenvalue weighted by molar-refractivity contribution is 5.64. The molecule has 0 bridgehead atoms. The fourth-order valence-electron chi connectivity index (χ4n) is 2.43. The Kier molecular flexibility index (Phi) is 6.36. The van der Waals surface area contributed by atoms with E-state index in [1.54, 1.807) is 31.2 Å². The van der Waals surface area contributed by atoms with Crippen molar-refractivity contribution in [2.75, 3.05) is 7.11 Å². The van der Waals surface area contributed by atoms with E-state index in [0.29, 0.717) is 28.9 Å². The van der Waals surface area contributed by atoms with Crippen LogP contribution >= 0.6 is 0 Å². The lowest BCUT2D eigenvalue weighted by Gasteiger charge is -2.16. The molecule has 0 aliphatic rings. The van der Waals surface area contributed by atoms with E-state index in [2.05, 4.69) is 4.74 Å². The van der Waals surface area contributed by atoms with Crippen molar-refractivity contribution in [2.24, 2.45) is 0 Å². The third-order valence-electron chi connectivity index (χ3n) is 3.86. The van der Waals surface area contributed by atoms with Crippen LogP contribution in [0, 0.1) is 12.7 Å². The predicted octanol–water partition coefficient (Wildman–Crippen LogP) is 3.91. The van der Waals surface area contributed by atoms with Crippen LogP contribution in [0.1, 0.15) is 29.2 Å². The van der Waals surface area contributed by atoms with Gasteiger partial charge in [0.05, 0.1) is 13.7 Å². The Hall–Kier alpha value is -2.60. The summed E-state index contributed by atoms with van der Waals surface area (Å²) in [6.45, 7) is 3.41. The molecule has 1 N–H and O–H groups in total. The van der Waals surface area contributed by atoms with E-state index in [0.717, 1.165) is 5.56 Å². The van der Waals surface area contributed by atoms with Crippen molar-refractivity contribution in [3.63, 3.8) is 0 Å². The van der Waals surface area contributed by atoms with E-state index in [1.807, 2.05) is 6.92 Å². The van der Waals surface area contributed by atoms with E-state index in [-0.39, 0.29) is 24.8 Å². The Morgan fingerprint density at radius 3 is 2.60 bits per heavy atom. The smallest absolute Gasteiger partial charge is 0.488 e. The molecular formula is C19H21FO5. The van der Waals surface area contributed by atoms with E-state index >= 15 is 0 Å². The molecule has 2 aromatic rings. The maximum atomic E-state index is 13.9. The van der Waals surface area contributed by atoms with Gasteiger partial charge in [-0.1, -0.05) is 19.1 Å². The summed E-state index contributed by atoms with van der Waals surface area (Å²) in [6.07, 6.45) is -0.184. The van der Waals surface area contributed by atoms with E-state index in [9.17, 15) is 14.3 Å². The predicted molar refractivity (Wildman–Crippen MR) is 90.2 cm³/mol. The molecule has 6 heteroatoms. The van der Waals surface area contributed by atoms with Crippen molar-refractivity contribution in [1.82, 2.24) is 0 Å². The second kappa shape index (κ2) is 8.48. The van der Waals surface area contributed by atoms with Gasteiger partial charge >= 0.3 is 6.16 Å². The number of rotatable bonds is 6. The van der Waals surface area contributed by atoms with Crippen LogP contribution in [0.3, 0.4) is 0 Å².